The lowest BCUT2D eigenvalue weighted by Gasteiger charge is -2.19. The molecule has 2 unspecified atom stereocenters. The summed E-state index contributed by atoms with van der Waals surface area (Å²) in [6, 6.07) is 20.8. The highest BCUT2D eigenvalue weighted by Crippen LogP contribution is 2.40. The van der Waals surface area contributed by atoms with Crippen molar-refractivity contribution in [2.75, 3.05) is 0 Å². The van der Waals surface area contributed by atoms with E-state index in [9.17, 15) is 0 Å². The van der Waals surface area contributed by atoms with Crippen LogP contribution < -0.4 is 0 Å². The SMILES string of the molecule is CCC1=NOC(c2ccccc2)C1c1ccccc1. The van der Waals surface area contributed by atoms with Crippen LogP contribution in [0.3, 0.4) is 0 Å². The van der Waals surface area contributed by atoms with Crippen LogP contribution in [0.4, 0.5) is 0 Å². The molecule has 0 fully saturated rings. The van der Waals surface area contributed by atoms with Gasteiger partial charge in [-0.2, -0.15) is 0 Å². The lowest BCUT2D eigenvalue weighted by molar-refractivity contribution is 0.0763. The highest BCUT2D eigenvalue weighted by molar-refractivity contribution is 5.92. The number of nitrogens with zero attached hydrogens (tertiary/aromatic N) is 1. The Kier molecular flexibility index (Phi) is 3.32. The van der Waals surface area contributed by atoms with E-state index in [0.717, 1.165) is 12.1 Å². The highest BCUT2D eigenvalue weighted by Gasteiger charge is 2.35. The van der Waals surface area contributed by atoms with Crippen LogP contribution in [-0.2, 0) is 4.84 Å². The second kappa shape index (κ2) is 5.27. The van der Waals surface area contributed by atoms with Crippen molar-refractivity contribution in [3.63, 3.8) is 0 Å². The van der Waals surface area contributed by atoms with Gasteiger partial charge in [0.25, 0.3) is 0 Å². The number of hydrogen-bond donors (Lipinski definition) is 0. The van der Waals surface area contributed by atoms with Gasteiger partial charge >= 0.3 is 0 Å². The van der Waals surface area contributed by atoms with Gasteiger partial charge in [0.05, 0.1) is 11.6 Å². The van der Waals surface area contributed by atoms with E-state index >= 15 is 0 Å². The first kappa shape index (κ1) is 12.0. The lowest BCUT2D eigenvalue weighted by Crippen LogP contribution is -2.14. The summed E-state index contributed by atoms with van der Waals surface area (Å²) in [7, 11) is 0. The minimum Gasteiger partial charge on any atom is -0.387 e. The average molecular weight is 251 g/mol. The molecule has 0 N–H and O–H groups in total. The van der Waals surface area contributed by atoms with E-state index in [0.29, 0.717) is 0 Å². The molecule has 0 saturated heterocycles. The molecule has 3 rings (SSSR count). The van der Waals surface area contributed by atoms with E-state index in [1.807, 2.05) is 24.3 Å². The normalized spacial score (nSPS) is 21.8. The summed E-state index contributed by atoms with van der Waals surface area (Å²) in [5.41, 5.74) is 3.58. The third kappa shape index (κ3) is 2.26. The third-order valence-corrected chi connectivity index (χ3v) is 3.59. The van der Waals surface area contributed by atoms with Gasteiger partial charge in [-0.25, -0.2) is 0 Å². The van der Waals surface area contributed by atoms with Crippen molar-refractivity contribution >= 4 is 5.71 Å². The van der Waals surface area contributed by atoms with Crippen LogP contribution in [0.2, 0.25) is 0 Å². The Morgan fingerprint density at radius 3 is 2.05 bits per heavy atom. The summed E-state index contributed by atoms with van der Waals surface area (Å²) in [5.74, 6) is 0.230. The van der Waals surface area contributed by atoms with Crippen LogP contribution >= 0.6 is 0 Å². The van der Waals surface area contributed by atoms with Crippen molar-refractivity contribution in [2.45, 2.75) is 25.4 Å². The number of rotatable bonds is 3. The van der Waals surface area contributed by atoms with E-state index in [2.05, 4.69) is 48.5 Å². The van der Waals surface area contributed by atoms with Gasteiger partial charge in [-0.3, -0.25) is 0 Å². The molecule has 2 aromatic carbocycles. The van der Waals surface area contributed by atoms with Gasteiger partial charge in [0.1, 0.15) is 0 Å². The summed E-state index contributed by atoms with van der Waals surface area (Å²) in [6.45, 7) is 2.13. The smallest absolute Gasteiger partial charge is 0.164 e. The molecule has 2 atom stereocenters. The quantitative estimate of drug-likeness (QED) is 0.796. The minimum absolute atomic E-state index is 0.00134. The maximum absolute atomic E-state index is 5.70. The third-order valence-electron chi connectivity index (χ3n) is 3.59. The molecule has 96 valence electrons. The van der Waals surface area contributed by atoms with Crippen molar-refractivity contribution in [3.8, 4) is 0 Å². The lowest BCUT2D eigenvalue weighted by atomic mass is 9.85. The average Bonchev–Trinajstić information content (AvgIpc) is 2.93. The zero-order chi connectivity index (χ0) is 13.1. The van der Waals surface area contributed by atoms with Crippen LogP contribution in [0.25, 0.3) is 0 Å². The standard InChI is InChI=1S/C17H17NO/c1-2-15-16(13-9-5-3-6-10-13)17(19-18-15)14-11-7-4-8-12-14/h3-12,16-17H,2H2,1H3. The predicted octanol–water partition coefficient (Wildman–Crippen LogP) is 4.31. The van der Waals surface area contributed by atoms with Crippen molar-refractivity contribution in [3.05, 3.63) is 71.8 Å². The molecule has 1 aliphatic rings. The van der Waals surface area contributed by atoms with E-state index in [1.165, 1.54) is 11.1 Å². The second-order valence-electron chi connectivity index (χ2n) is 4.76. The van der Waals surface area contributed by atoms with E-state index in [1.54, 1.807) is 0 Å². The van der Waals surface area contributed by atoms with E-state index < -0.39 is 0 Å². The first-order valence-corrected chi connectivity index (χ1v) is 6.72. The molecule has 2 heteroatoms. The van der Waals surface area contributed by atoms with E-state index in [4.69, 9.17) is 4.84 Å². The molecule has 2 nitrogen and oxygen atoms in total. The van der Waals surface area contributed by atoms with Crippen LogP contribution in [0, 0.1) is 0 Å². The Labute approximate surface area is 113 Å². The molecule has 19 heavy (non-hydrogen) atoms. The van der Waals surface area contributed by atoms with Gasteiger partial charge in [-0.15, -0.1) is 0 Å². The zero-order valence-corrected chi connectivity index (χ0v) is 11.0. The molecule has 0 aromatic heterocycles. The van der Waals surface area contributed by atoms with Gasteiger partial charge < -0.3 is 4.84 Å². The maximum atomic E-state index is 5.70. The fourth-order valence-electron chi connectivity index (χ4n) is 2.62. The number of hydrogen-bond acceptors (Lipinski definition) is 2. The first-order valence-electron chi connectivity index (χ1n) is 6.72. The van der Waals surface area contributed by atoms with Crippen LogP contribution in [0.1, 0.15) is 36.5 Å². The zero-order valence-electron chi connectivity index (χ0n) is 11.0. The summed E-state index contributed by atoms with van der Waals surface area (Å²) in [4.78, 5) is 5.70. The Balaban J connectivity index is 1.98. The molecule has 0 spiro atoms. The van der Waals surface area contributed by atoms with Gasteiger partial charge in [0.2, 0.25) is 0 Å². The van der Waals surface area contributed by atoms with Gasteiger partial charge in [0.15, 0.2) is 6.10 Å². The molecule has 0 amide bonds. The monoisotopic (exact) mass is 251 g/mol. The van der Waals surface area contributed by atoms with Gasteiger partial charge in [-0.1, -0.05) is 72.7 Å². The molecule has 0 aliphatic carbocycles. The molecular formula is C17H17NO. The van der Waals surface area contributed by atoms with Crippen molar-refractivity contribution in [1.82, 2.24) is 0 Å². The Hall–Kier alpha value is -2.09. The molecule has 0 saturated carbocycles. The Morgan fingerprint density at radius 1 is 0.895 bits per heavy atom. The Bertz CT molecular complexity index is 562. The fraction of sp³-hybridized carbons (Fsp3) is 0.235. The first-order chi connectivity index (χ1) is 9.40. The summed E-state index contributed by atoms with van der Waals surface area (Å²) < 4.78 is 0. The Morgan fingerprint density at radius 2 is 1.47 bits per heavy atom. The van der Waals surface area contributed by atoms with Gasteiger partial charge in [0, 0.05) is 0 Å². The minimum atomic E-state index is -0.00134. The topological polar surface area (TPSA) is 21.6 Å². The molecule has 1 heterocycles. The molecule has 1 aliphatic heterocycles. The summed E-state index contributed by atoms with van der Waals surface area (Å²) in [6.07, 6.45) is 0.918. The van der Waals surface area contributed by atoms with Gasteiger partial charge in [-0.05, 0) is 17.5 Å². The molecular weight excluding hydrogens is 234 g/mol. The maximum Gasteiger partial charge on any atom is 0.164 e. The van der Waals surface area contributed by atoms with Crippen LogP contribution in [0.5, 0.6) is 0 Å². The number of benzene rings is 2. The molecule has 0 bridgehead atoms. The van der Waals surface area contributed by atoms with Crippen LogP contribution in [0.15, 0.2) is 65.8 Å². The largest absolute Gasteiger partial charge is 0.387 e. The van der Waals surface area contributed by atoms with Crippen molar-refractivity contribution in [1.29, 1.82) is 0 Å². The van der Waals surface area contributed by atoms with Crippen molar-refractivity contribution in [2.24, 2.45) is 5.16 Å². The second-order valence-corrected chi connectivity index (χ2v) is 4.76. The highest BCUT2D eigenvalue weighted by atomic mass is 16.6. The van der Waals surface area contributed by atoms with Crippen LogP contribution in [-0.4, -0.2) is 5.71 Å². The predicted molar refractivity (Wildman–Crippen MR) is 77.2 cm³/mol. The fourth-order valence-corrected chi connectivity index (χ4v) is 2.62. The summed E-state index contributed by atoms with van der Waals surface area (Å²) in [5, 5.41) is 4.29. The molecule has 0 radical (unpaired) electrons. The summed E-state index contributed by atoms with van der Waals surface area (Å²) >= 11 is 0. The van der Waals surface area contributed by atoms with E-state index in [-0.39, 0.29) is 12.0 Å². The number of oxime groups is 1. The molecule has 2 aromatic rings. The van der Waals surface area contributed by atoms with Crippen molar-refractivity contribution < 1.29 is 4.84 Å².